The number of carbonyl (C=O) groups is 4. The van der Waals surface area contributed by atoms with Crippen molar-refractivity contribution in [1.82, 2.24) is 9.88 Å². The van der Waals surface area contributed by atoms with Gasteiger partial charge in [0.25, 0.3) is 0 Å². The largest absolute Gasteiger partial charge is 0.443 e. The number of aryl methyl sites for hydroxylation is 1. The van der Waals surface area contributed by atoms with Crippen molar-refractivity contribution in [3.05, 3.63) is 89.1 Å². The fourth-order valence-corrected chi connectivity index (χ4v) is 8.63. The Kier molecular flexibility index (Phi) is 13.4. The van der Waals surface area contributed by atoms with E-state index in [1.54, 1.807) is 86.0 Å². The second kappa shape index (κ2) is 17.8. The van der Waals surface area contributed by atoms with Crippen LogP contribution in [0.5, 0.6) is 0 Å². The number of hydrogen-bond acceptors (Lipinski definition) is 11. The van der Waals surface area contributed by atoms with E-state index in [1.807, 2.05) is 25.1 Å². The molecule has 1 aliphatic carbocycles. The molecule has 1 unspecified atom stereocenters. The smallest absolute Gasteiger partial charge is 0.425 e. The van der Waals surface area contributed by atoms with E-state index in [4.69, 9.17) is 14.2 Å². The average Bonchev–Trinajstić information content (AvgIpc) is 3.99. The van der Waals surface area contributed by atoms with Crippen molar-refractivity contribution in [1.29, 1.82) is 0 Å². The molecule has 4 aromatic rings. The molecule has 0 aliphatic heterocycles. The number of rotatable bonds is 14. The van der Waals surface area contributed by atoms with Crippen LogP contribution in [-0.2, 0) is 40.2 Å². The number of benzene rings is 3. The number of hydrogen-bond donors (Lipinski definition) is 2. The molecule has 0 radical (unpaired) electrons. The number of likely N-dealkylation sites (N-methyl/N-ethyl adjacent to an activating group) is 1. The van der Waals surface area contributed by atoms with Crippen LogP contribution in [-0.4, -0.2) is 80.0 Å². The summed E-state index contributed by atoms with van der Waals surface area (Å²) in [5.41, 5.74) is 2.15. The number of anilines is 3. The monoisotopic (exact) mass is 829 g/mol. The quantitative estimate of drug-likeness (QED) is 0.117. The van der Waals surface area contributed by atoms with Gasteiger partial charge in [0.1, 0.15) is 17.2 Å². The van der Waals surface area contributed by atoms with Crippen molar-refractivity contribution in [3.8, 4) is 0 Å². The summed E-state index contributed by atoms with van der Waals surface area (Å²) in [6.45, 7) is 14.6. The summed E-state index contributed by atoms with van der Waals surface area (Å²) in [5, 5.41) is 6.54. The molecule has 1 aromatic heterocycles. The van der Waals surface area contributed by atoms with Gasteiger partial charge in [-0.25, -0.2) is 23.0 Å². The van der Waals surface area contributed by atoms with Crippen molar-refractivity contribution in [2.45, 2.75) is 108 Å². The number of imide groups is 1. The number of sulfone groups is 1. The predicted molar refractivity (Wildman–Crippen MR) is 227 cm³/mol. The highest BCUT2D eigenvalue weighted by atomic mass is 32.2. The average molecular weight is 830 g/mol. The molecule has 1 aliphatic rings. The van der Waals surface area contributed by atoms with Crippen LogP contribution in [0.3, 0.4) is 0 Å². The molecule has 1 heterocycles. The van der Waals surface area contributed by atoms with Gasteiger partial charge in [-0.3, -0.25) is 9.59 Å². The molecule has 59 heavy (non-hydrogen) atoms. The third-order valence-corrected chi connectivity index (χ3v) is 11.9. The van der Waals surface area contributed by atoms with E-state index >= 15 is 0 Å². The highest BCUT2D eigenvalue weighted by molar-refractivity contribution is 7.92. The lowest BCUT2D eigenvalue weighted by Crippen LogP contribution is -2.44. The lowest BCUT2D eigenvalue weighted by molar-refractivity contribution is -0.131. The minimum Gasteiger partial charge on any atom is -0.443 e. The molecule has 0 saturated heterocycles. The molecule has 5 rings (SSSR count). The first-order chi connectivity index (χ1) is 27.6. The number of methoxy groups -OCH3 is 1. The van der Waals surface area contributed by atoms with E-state index in [0.717, 1.165) is 16.0 Å². The Balaban J connectivity index is 1.56. The molecule has 0 bridgehead atoms. The zero-order valence-electron chi connectivity index (χ0n) is 35.4. The standard InChI is InChI=1S/C44H55N5O9S/c1-27-21-30(11-16-35(27)28(2)25-56-10)38(40(51)48(9)24-31-23-32(46-26-50)13-18-37(31)59(54,55)34-14-15-34)47-33-12-17-36-29(22-33)19-20-45-39(36)49(41(52)57-43(3,4)5)42(53)58-44(6,7)8/h11-13,16-23,26,28,34,38,47H,14-15,24-25H2,1-10H3,(H,46,50)/t28?,38-/m1/s1. The van der Waals surface area contributed by atoms with Crippen LogP contribution >= 0.6 is 0 Å². The summed E-state index contributed by atoms with van der Waals surface area (Å²) >= 11 is 0. The van der Waals surface area contributed by atoms with Gasteiger partial charge in [0.05, 0.1) is 16.8 Å². The van der Waals surface area contributed by atoms with Gasteiger partial charge in [-0.1, -0.05) is 25.1 Å². The third kappa shape index (κ3) is 10.9. The van der Waals surface area contributed by atoms with Crippen LogP contribution < -0.4 is 15.5 Å². The summed E-state index contributed by atoms with van der Waals surface area (Å²) < 4.78 is 43.6. The Labute approximate surface area is 346 Å². The zero-order valence-corrected chi connectivity index (χ0v) is 36.2. The van der Waals surface area contributed by atoms with Crippen molar-refractivity contribution in [3.63, 3.8) is 0 Å². The van der Waals surface area contributed by atoms with Gasteiger partial charge in [0, 0.05) is 49.6 Å². The Morgan fingerprint density at radius 1 is 0.915 bits per heavy atom. The van der Waals surface area contributed by atoms with Crippen molar-refractivity contribution >= 4 is 62.3 Å². The number of carbonyl (C=O) groups excluding carboxylic acids is 4. The predicted octanol–water partition coefficient (Wildman–Crippen LogP) is 8.29. The summed E-state index contributed by atoms with van der Waals surface area (Å²) in [5.74, 6) is -0.256. The van der Waals surface area contributed by atoms with Crippen molar-refractivity contribution in [2.75, 3.05) is 36.3 Å². The lowest BCUT2D eigenvalue weighted by atomic mass is 9.93. The summed E-state index contributed by atoms with van der Waals surface area (Å²) in [4.78, 5) is 59.8. The maximum Gasteiger partial charge on any atom is 0.425 e. The molecule has 2 N–H and O–H groups in total. The Bertz CT molecular complexity index is 2300. The number of fused-ring (bicyclic) bond motifs is 1. The summed E-state index contributed by atoms with van der Waals surface area (Å²) in [7, 11) is -0.398. The SMILES string of the molecule is COCC(C)c1ccc([C@@H](Nc2ccc3c(N(C(=O)OC(C)(C)C)C(=O)OC(C)(C)C)nccc3c2)C(=O)N(C)Cc2cc(NC=O)ccc2S(=O)(=O)C2CC2)cc1C. The second-order valence-corrected chi connectivity index (χ2v) is 19.1. The van der Waals surface area contributed by atoms with E-state index in [-0.39, 0.29) is 29.1 Å². The molecule has 15 heteroatoms. The van der Waals surface area contributed by atoms with Crippen LogP contribution in [0.2, 0.25) is 0 Å². The van der Waals surface area contributed by atoms with Gasteiger partial charge in [0.2, 0.25) is 12.3 Å². The summed E-state index contributed by atoms with van der Waals surface area (Å²) in [6.07, 6.45) is 1.20. The minimum absolute atomic E-state index is 0.00422. The van der Waals surface area contributed by atoms with Gasteiger partial charge >= 0.3 is 12.2 Å². The number of aromatic nitrogens is 1. The number of pyridine rings is 1. The molecular formula is C44H55N5O9S. The molecule has 2 atom stereocenters. The molecular weight excluding hydrogens is 775 g/mol. The molecule has 14 nitrogen and oxygen atoms in total. The zero-order chi connectivity index (χ0) is 43.4. The van der Waals surface area contributed by atoms with Crippen LogP contribution in [0.4, 0.5) is 26.8 Å². The number of nitrogens with one attached hydrogen (secondary N) is 2. The molecule has 0 spiro atoms. The Morgan fingerprint density at radius 2 is 1.56 bits per heavy atom. The third-order valence-electron chi connectivity index (χ3n) is 9.58. The fraction of sp³-hybridized carbons (Fsp3) is 0.432. The maximum atomic E-state index is 14.7. The number of amides is 4. The second-order valence-electron chi connectivity index (χ2n) is 16.9. The normalized spacial score (nSPS) is 14.2. The molecule has 1 saturated carbocycles. The molecule has 3 aromatic carbocycles. The first-order valence-corrected chi connectivity index (χ1v) is 21.0. The van der Waals surface area contributed by atoms with E-state index in [9.17, 15) is 27.6 Å². The molecule has 4 amide bonds. The van der Waals surface area contributed by atoms with E-state index in [2.05, 4.69) is 22.5 Å². The van der Waals surface area contributed by atoms with Crippen LogP contribution in [0.25, 0.3) is 10.8 Å². The maximum absolute atomic E-state index is 14.7. The van der Waals surface area contributed by atoms with E-state index < -0.39 is 44.5 Å². The van der Waals surface area contributed by atoms with Gasteiger partial charge in [-0.2, -0.15) is 4.90 Å². The van der Waals surface area contributed by atoms with E-state index in [0.29, 0.717) is 59.1 Å². The summed E-state index contributed by atoms with van der Waals surface area (Å²) in [6, 6.07) is 16.4. The highest BCUT2D eigenvalue weighted by Gasteiger charge is 2.39. The first kappa shape index (κ1) is 44.6. The van der Waals surface area contributed by atoms with Gasteiger partial charge in [-0.05, 0) is 131 Å². The Hall–Kier alpha value is -5.54. The molecule has 316 valence electrons. The lowest BCUT2D eigenvalue weighted by Gasteiger charge is -2.29. The number of nitrogens with zero attached hydrogens (tertiary/aromatic N) is 3. The Morgan fingerprint density at radius 3 is 2.14 bits per heavy atom. The first-order valence-electron chi connectivity index (χ1n) is 19.5. The van der Waals surface area contributed by atoms with Crippen LogP contribution in [0.15, 0.2) is 71.8 Å². The van der Waals surface area contributed by atoms with Crippen molar-refractivity contribution < 1.29 is 41.8 Å². The topological polar surface area (TPSA) is 174 Å². The van der Waals surface area contributed by atoms with E-state index in [1.165, 1.54) is 23.2 Å². The van der Waals surface area contributed by atoms with Gasteiger partial charge < -0.3 is 29.7 Å². The van der Waals surface area contributed by atoms with Crippen LogP contribution in [0, 0.1) is 6.92 Å². The molecule has 1 fully saturated rings. The fourth-order valence-electron chi connectivity index (χ4n) is 6.77. The number of ether oxygens (including phenoxy) is 3. The van der Waals surface area contributed by atoms with Crippen LogP contribution in [0.1, 0.15) is 95.5 Å². The van der Waals surface area contributed by atoms with Gasteiger partial charge in [0.15, 0.2) is 15.7 Å². The highest BCUT2D eigenvalue weighted by Crippen LogP contribution is 2.37. The minimum atomic E-state index is -3.65. The van der Waals surface area contributed by atoms with Gasteiger partial charge in [-0.15, -0.1) is 0 Å². The van der Waals surface area contributed by atoms with Crippen molar-refractivity contribution in [2.24, 2.45) is 0 Å².